The first-order valence-corrected chi connectivity index (χ1v) is 10.4. The summed E-state index contributed by atoms with van der Waals surface area (Å²) in [5.74, 6) is -0.202. The topological polar surface area (TPSA) is 93.7 Å². The molecular formula is C26H24N2O5. The molecule has 0 atom stereocenters. The summed E-state index contributed by atoms with van der Waals surface area (Å²) >= 11 is 0. The number of anilines is 1. The van der Waals surface area contributed by atoms with Gasteiger partial charge in [-0.3, -0.25) is 9.59 Å². The Bertz CT molecular complexity index is 1110. The van der Waals surface area contributed by atoms with Crippen LogP contribution in [0.2, 0.25) is 0 Å². The highest BCUT2D eigenvalue weighted by molar-refractivity contribution is 6.04. The van der Waals surface area contributed by atoms with Crippen molar-refractivity contribution < 1.29 is 23.9 Å². The van der Waals surface area contributed by atoms with E-state index >= 15 is 0 Å². The van der Waals surface area contributed by atoms with Gasteiger partial charge in [0.2, 0.25) is 5.91 Å². The summed E-state index contributed by atoms with van der Waals surface area (Å²) in [6.07, 6.45) is 2.45. The minimum Gasteiger partial charge on any atom is -0.434 e. The Hall–Kier alpha value is -4.39. The molecule has 3 aromatic carbocycles. The van der Waals surface area contributed by atoms with E-state index in [4.69, 9.17) is 9.47 Å². The van der Waals surface area contributed by atoms with Gasteiger partial charge in [0.25, 0.3) is 5.91 Å². The predicted molar refractivity (Wildman–Crippen MR) is 126 cm³/mol. The molecule has 0 fully saturated rings. The summed E-state index contributed by atoms with van der Waals surface area (Å²) in [6.45, 7) is 2.27. The third-order valence-corrected chi connectivity index (χ3v) is 4.49. The van der Waals surface area contributed by atoms with E-state index in [1.165, 1.54) is 18.2 Å². The van der Waals surface area contributed by atoms with E-state index in [1.807, 2.05) is 42.5 Å². The van der Waals surface area contributed by atoms with Crippen LogP contribution in [0.4, 0.5) is 10.5 Å². The van der Waals surface area contributed by atoms with Crippen LogP contribution in [0.15, 0.2) is 84.9 Å². The van der Waals surface area contributed by atoms with Crippen LogP contribution < -0.4 is 15.4 Å². The van der Waals surface area contributed by atoms with Crippen molar-refractivity contribution in [1.82, 2.24) is 5.32 Å². The number of ether oxygens (including phenoxy) is 2. The van der Waals surface area contributed by atoms with Crippen molar-refractivity contribution >= 4 is 29.7 Å². The lowest BCUT2D eigenvalue weighted by molar-refractivity contribution is -0.116. The number of rotatable bonds is 8. The molecule has 0 aliphatic heterocycles. The Balaban J connectivity index is 1.47. The standard InChI is InChI=1S/C26H24N2O5/c1-2-32-26(31)33-23-15-11-21(12-16-23)25(30)28-22-13-8-20(9-14-22)18-27-24(29)17-10-19-6-4-3-5-7-19/h3-17H,2,18H2,1H3,(H,27,29)(H,28,30)/b17-10+. The molecule has 33 heavy (non-hydrogen) atoms. The fourth-order valence-corrected chi connectivity index (χ4v) is 2.81. The van der Waals surface area contributed by atoms with Crippen molar-refractivity contribution in [2.24, 2.45) is 0 Å². The van der Waals surface area contributed by atoms with Crippen LogP contribution in [0.3, 0.4) is 0 Å². The minimum absolute atomic E-state index is 0.188. The maximum absolute atomic E-state index is 12.4. The third kappa shape index (κ3) is 7.66. The summed E-state index contributed by atoms with van der Waals surface area (Å²) in [6, 6.07) is 22.9. The van der Waals surface area contributed by atoms with Crippen molar-refractivity contribution in [3.05, 3.63) is 102 Å². The molecule has 7 heteroatoms. The maximum Gasteiger partial charge on any atom is 0.513 e. The molecule has 0 aliphatic carbocycles. The molecule has 0 radical (unpaired) electrons. The van der Waals surface area contributed by atoms with Crippen LogP contribution in [-0.2, 0) is 16.1 Å². The predicted octanol–water partition coefficient (Wildman–Crippen LogP) is 4.80. The average Bonchev–Trinajstić information content (AvgIpc) is 2.83. The SMILES string of the molecule is CCOC(=O)Oc1ccc(C(=O)Nc2ccc(CNC(=O)/C=C/c3ccccc3)cc2)cc1. The fraction of sp³-hybridized carbons (Fsp3) is 0.115. The molecule has 0 bridgehead atoms. The van der Waals surface area contributed by atoms with E-state index in [1.54, 1.807) is 37.3 Å². The largest absolute Gasteiger partial charge is 0.513 e. The average molecular weight is 444 g/mol. The molecule has 0 saturated carbocycles. The molecule has 0 aromatic heterocycles. The monoisotopic (exact) mass is 444 g/mol. The van der Waals surface area contributed by atoms with Gasteiger partial charge in [0.1, 0.15) is 5.75 Å². The zero-order valence-corrected chi connectivity index (χ0v) is 18.1. The highest BCUT2D eigenvalue weighted by atomic mass is 16.7. The highest BCUT2D eigenvalue weighted by Crippen LogP contribution is 2.15. The summed E-state index contributed by atoms with van der Waals surface area (Å²) in [7, 11) is 0. The van der Waals surface area contributed by atoms with Gasteiger partial charge >= 0.3 is 6.16 Å². The van der Waals surface area contributed by atoms with Crippen molar-refractivity contribution in [2.75, 3.05) is 11.9 Å². The van der Waals surface area contributed by atoms with E-state index in [2.05, 4.69) is 10.6 Å². The van der Waals surface area contributed by atoms with Crippen LogP contribution in [-0.4, -0.2) is 24.6 Å². The van der Waals surface area contributed by atoms with Gasteiger partial charge < -0.3 is 20.1 Å². The van der Waals surface area contributed by atoms with Crippen LogP contribution >= 0.6 is 0 Å². The van der Waals surface area contributed by atoms with Crippen LogP contribution in [0, 0.1) is 0 Å². The van der Waals surface area contributed by atoms with Gasteiger partial charge in [-0.2, -0.15) is 0 Å². The summed E-state index contributed by atoms with van der Waals surface area (Å²) < 4.78 is 9.68. The Kier molecular flexibility index (Phi) is 8.36. The Morgan fingerprint density at radius 3 is 2.24 bits per heavy atom. The van der Waals surface area contributed by atoms with Crippen molar-refractivity contribution in [3.63, 3.8) is 0 Å². The molecule has 0 heterocycles. The highest BCUT2D eigenvalue weighted by Gasteiger charge is 2.09. The number of benzene rings is 3. The van der Waals surface area contributed by atoms with Crippen molar-refractivity contribution in [1.29, 1.82) is 0 Å². The molecule has 168 valence electrons. The number of amides is 2. The zero-order chi connectivity index (χ0) is 23.5. The molecule has 2 amide bonds. The molecule has 0 aliphatic rings. The maximum atomic E-state index is 12.4. The fourth-order valence-electron chi connectivity index (χ4n) is 2.81. The van der Waals surface area contributed by atoms with E-state index in [0.29, 0.717) is 17.8 Å². The number of carbonyl (C=O) groups excluding carboxylic acids is 3. The van der Waals surface area contributed by atoms with E-state index < -0.39 is 6.16 Å². The van der Waals surface area contributed by atoms with E-state index in [-0.39, 0.29) is 24.2 Å². The first-order valence-electron chi connectivity index (χ1n) is 10.4. The molecule has 3 rings (SSSR count). The first kappa shape index (κ1) is 23.3. The number of hydrogen-bond acceptors (Lipinski definition) is 5. The third-order valence-electron chi connectivity index (χ3n) is 4.49. The smallest absolute Gasteiger partial charge is 0.434 e. The second-order valence-corrected chi connectivity index (χ2v) is 6.92. The summed E-state index contributed by atoms with van der Waals surface area (Å²) in [5, 5.41) is 5.62. The number of carbonyl (C=O) groups is 3. The van der Waals surface area contributed by atoms with E-state index in [9.17, 15) is 14.4 Å². The van der Waals surface area contributed by atoms with Crippen LogP contribution in [0.5, 0.6) is 5.75 Å². The lowest BCUT2D eigenvalue weighted by atomic mass is 10.1. The van der Waals surface area contributed by atoms with Gasteiger partial charge in [-0.1, -0.05) is 42.5 Å². The molecule has 0 unspecified atom stereocenters. The van der Waals surface area contributed by atoms with Gasteiger partial charge in [-0.25, -0.2) is 4.79 Å². The van der Waals surface area contributed by atoms with E-state index in [0.717, 1.165) is 11.1 Å². The zero-order valence-electron chi connectivity index (χ0n) is 18.1. The Morgan fingerprint density at radius 2 is 1.58 bits per heavy atom. The first-order chi connectivity index (χ1) is 16.0. The van der Waals surface area contributed by atoms with Gasteiger partial charge in [-0.05, 0) is 60.5 Å². The number of hydrogen-bond donors (Lipinski definition) is 2. The molecular weight excluding hydrogens is 420 g/mol. The molecule has 3 aromatic rings. The van der Waals surface area contributed by atoms with Crippen molar-refractivity contribution in [2.45, 2.75) is 13.5 Å². The lowest BCUT2D eigenvalue weighted by Crippen LogP contribution is -2.20. The minimum atomic E-state index is -0.793. The van der Waals surface area contributed by atoms with Crippen LogP contribution in [0.25, 0.3) is 6.08 Å². The number of nitrogens with one attached hydrogen (secondary N) is 2. The van der Waals surface area contributed by atoms with Gasteiger partial charge in [0.05, 0.1) is 6.61 Å². The Labute approximate surface area is 192 Å². The second kappa shape index (κ2) is 11.9. The summed E-state index contributed by atoms with van der Waals surface area (Å²) in [5.41, 5.74) is 2.88. The normalized spacial score (nSPS) is 10.5. The van der Waals surface area contributed by atoms with Gasteiger partial charge in [-0.15, -0.1) is 0 Å². The lowest BCUT2D eigenvalue weighted by Gasteiger charge is -2.08. The van der Waals surface area contributed by atoms with Crippen LogP contribution in [0.1, 0.15) is 28.4 Å². The second-order valence-electron chi connectivity index (χ2n) is 6.92. The quantitative estimate of drug-likeness (QED) is 0.296. The molecule has 0 saturated heterocycles. The molecule has 2 N–H and O–H groups in total. The Morgan fingerprint density at radius 1 is 0.879 bits per heavy atom. The molecule has 0 spiro atoms. The van der Waals surface area contributed by atoms with Gasteiger partial charge in [0, 0.05) is 23.9 Å². The van der Waals surface area contributed by atoms with Crippen molar-refractivity contribution in [3.8, 4) is 5.75 Å². The van der Waals surface area contributed by atoms with Gasteiger partial charge in [0.15, 0.2) is 0 Å². The molecule has 7 nitrogen and oxygen atoms in total. The summed E-state index contributed by atoms with van der Waals surface area (Å²) in [4.78, 5) is 35.7.